The first-order valence-corrected chi connectivity index (χ1v) is 4.88. The third-order valence-corrected chi connectivity index (χ3v) is 2.36. The summed E-state index contributed by atoms with van der Waals surface area (Å²) >= 11 is 0. The molecule has 0 amide bonds. The first-order chi connectivity index (χ1) is 7.70. The molecule has 1 N–H and O–H groups in total. The van der Waals surface area contributed by atoms with E-state index in [4.69, 9.17) is 0 Å². The fourth-order valence-corrected chi connectivity index (χ4v) is 1.52. The van der Waals surface area contributed by atoms with Crippen LogP contribution in [0.4, 0.5) is 0 Å². The molecule has 0 aliphatic carbocycles. The summed E-state index contributed by atoms with van der Waals surface area (Å²) in [6.45, 7) is 0. The van der Waals surface area contributed by atoms with Crippen LogP contribution in [-0.2, 0) is 9.53 Å². The van der Waals surface area contributed by atoms with E-state index in [9.17, 15) is 9.59 Å². The van der Waals surface area contributed by atoms with Crippen molar-refractivity contribution >= 4 is 22.7 Å². The minimum absolute atomic E-state index is 0.233. The highest BCUT2D eigenvalue weighted by Crippen LogP contribution is 2.15. The van der Waals surface area contributed by atoms with Gasteiger partial charge in [-0.25, -0.2) is 0 Å². The van der Waals surface area contributed by atoms with Crippen molar-refractivity contribution in [3.63, 3.8) is 0 Å². The van der Waals surface area contributed by atoms with Crippen molar-refractivity contribution in [1.29, 1.82) is 0 Å². The zero-order valence-corrected chi connectivity index (χ0v) is 8.82. The second-order valence-electron chi connectivity index (χ2n) is 3.45. The molecule has 0 saturated carbocycles. The van der Waals surface area contributed by atoms with Crippen molar-refractivity contribution in [2.75, 3.05) is 7.11 Å². The summed E-state index contributed by atoms with van der Waals surface area (Å²) in [5.41, 5.74) is 1.32. The summed E-state index contributed by atoms with van der Waals surface area (Å²) in [5.74, 6) is -0.785. The third-order valence-electron chi connectivity index (χ3n) is 2.36. The van der Waals surface area contributed by atoms with Gasteiger partial charge in [-0.1, -0.05) is 18.2 Å². The fraction of sp³-hybridized carbons (Fsp3) is 0.167. The number of carbonyl (C=O) groups is 2. The molecule has 4 heteroatoms. The second kappa shape index (κ2) is 4.18. The Balaban J connectivity index is 2.26. The van der Waals surface area contributed by atoms with Crippen LogP contribution in [0.15, 0.2) is 30.3 Å². The number of H-pyrrole nitrogens is 1. The lowest BCUT2D eigenvalue weighted by Crippen LogP contribution is -2.09. The van der Waals surface area contributed by atoms with E-state index in [0.29, 0.717) is 5.69 Å². The highest BCUT2D eigenvalue weighted by molar-refractivity contribution is 6.07. The van der Waals surface area contributed by atoms with Crippen molar-refractivity contribution in [2.45, 2.75) is 6.42 Å². The van der Waals surface area contributed by atoms with E-state index in [1.807, 2.05) is 24.3 Å². The smallest absolute Gasteiger partial charge is 0.313 e. The van der Waals surface area contributed by atoms with Gasteiger partial charge in [0.15, 0.2) is 5.78 Å². The van der Waals surface area contributed by atoms with Crippen LogP contribution in [0.3, 0.4) is 0 Å². The molecule has 0 spiro atoms. The standard InChI is InChI=1S/C12H11NO3/c1-16-12(15)7-11(14)10-6-8-4-2-3-5-9(8)13-10/h2-6,13H,7H2,1H3. The van der Waals surface area contributed by atoms with Crippen molar-refractivity contribution in [3.8, 4) is 0 Å². The SMILES string of the molecule is COC(=O)CC(=O)c1cc2ccccc2[nH]1. The summed E-state index contributed by atoms with van der Waals surface area (Å²) in [5, 5.41) is 0.954. The number of methoxy groups -OCH3 is 1. The first kappa shape index (κ1) is 10.4. The fourth-order valence-electron chi connectivity index (χ4n) is 1.52. The minimum atomic E-state index is -0.524. The summed E-state index contributed by atoms with van der Waals surface area (Å²) in [4.78, 5) is 25.6. The molecule has 0 saturated heterocycles. The van der Waals surface area contributed by atoms with E-state index >= 15 is 0 Å². The molecule has 4 nitrogen and oxygen atoms in total. The van der Waals surface area contributed by atoms with E-state index in [-0.39, 0.29) is 12.2 Å². The summed E-state index contributed by atoms with van der Waals surface area (Å²) in [7, 11) is 1.26. The van der Waals surface area contributed by atoms with Gasteiger partial charge < -0.3 is 9.72 Å². The summed E-state index contributed by atoms with van der Waals surface area (Å²) < 4.78 is 4.44. The maximum Gasteiger partial charge on any atom is 0.313 e. The maximum atomic E-state index is 11.7. The van der Waals surface area contributed by atoms with Crippen LogP contribution in [0.25, 0.3) is 10.9 Å². The third kappa shape index (κ3) is 1.95. The van der Waals surface area contributed by atoms with Gasteiger partial charge in [0.05, 0.1) is 12.8 Å². The zero-order valence-electron chi connectivity index (χ0n) is 8.82. The summed E-state index contributed by atoms with van der Waals surface area (Å²) in [6.07, 6.45) is -0.233. The Bertz CT molecular complexity index is 509. The molecule has 0 fully saturated rings. The van der Waals surface area contributed by atoms with Gasteiger partial charge in [-0.3, -0.25) is 9.59 Å². The Kier molecular flexibility index (Phi) is 2.72. The molecule has 2 rings (SSSR count). The molecule has 82 valence electrons. The molecule has 0 radical (unpaired) electrons. The van der Waals surface area contributed by atoms with Crippen LogP contribution in [0.5, 0.6) is 0 Å². The number of ether oxygens (including phenoxy) is 1. The van der Waals surface area contributed by atoms with Gasteiger partial charge in [0.1, 0.15) is 6.42 Å². The van der Waals surface area contributed by atoms with Gasteiger partial charge in [-0.15, -0.1) is 0 Å². The predicted molar refractivity (Wildman–Crippen MR) is 59.3 cm³/mol. The Morgan fingerprint density at radius 3 is 2.75 bits per heavy atom. The molecule has 1 aromatic carbocycles. The number of benzene rings is 1. The van der Waals surface area contributed by atoms with Crippen LogP contribution >= 0.6 is 0 Å². The molecule has 1 heterocycles. The average molecular weight is 217 g/mol. The number of Topliss-reactive ketones (excluding diaryl/α,β-unsaturated/α-hetero) is 1. The van der Waals surface area contributed by atoms with Crippen LogP contribution in [-0.4, -0.2) is 23.8 Å². The van der Waals surface area contributed by atoms with Gasteiger partial charge in [-0.2, -0.15) is 0 Å². The molecule has 1 aromatic heterocycles. The van der Waals surface area contributed by atoms with E-state index < -0.39 is 5.97 Å². The Hall–Kier alpha value is -2.10. The first-order valence-electron chi connectivity index (χ1n) is 4.88. The van der Waals surface area contributed by atoms with Gasteiger partial charge >= 0.3 is 5.97 Å². The number of fused-ring (bicyclic) bond motifs is 1. The quantitative estimate of drug-likeness (QED) is 0.485. The lowest BCUT2D eigenvalue weighted by Gasteiger charge is -1.96. The molecule has 0 aliphatic rings. The Labute approximate surface area is 92.2 Å². The predicted octanol–water partition coefficient (Wildman–Crippen LogP) is 1.91. The molecule has 0 atom stereocenters. The number of hydrogen-bond donors (Lipinski definition) is 1. The van der Waals surface area contributed by atoms with Crippen molar-refractivity contribution in [2.24, 2.45) is 0 Å². The van der Waals surface area contributed by atoms with Gasteiger partial charge in [0.25, 0.3) is 0 Å². The molecular weight excluding hydrogens is 206 g/mol. The maximum absolute atomic E-state index is 11.7. The number of para-hydroxylation sites is 1. The Morgan fingerprint density at radius 2 is 2.06 bits per heavy atom. The van der Waals surface area contributed by atoms with Crippen molar-refractivity contribution in [3.05, 3.63) is 36.0 Å². The number of carbonyl (C=O) groups excluding carboxylic acids is 2. The van der Waals surface area contributed by atoms with Crippen LogP contribution in [0.1, 0.15) is 16.9 Å². The van der Waals surface area contributed by atoms with Gasteiger partial charge in [0, 0.05) is 10.9 Å². The minimum Gasteiger partial charge on any atom is -0.469 e. The molecule has 0 bridgehead atoms. The highest BCUT2D eigenvalue weighted by atomic mass is 16.5. The monoisotopic (exact) mass is 217 g/mol. The molecule has 2 aromatic rings. The van der Waals surface area contributed by atoms with Crippen molar-refractivity contribution in [1.82, 2.24) is 4.98 Å². The van der Waals surface area contributed by atoms with Crippen molar-refractivity contribution < 1.29 is 14.3 Å². The number of aromatic nitrogens is 1. The second-order valence-corrected chi connectivity index (χ2v) is 3.45. The lowest BCUT2D eigenvalue weighted by atomic mass is 10.2. The van der Waals surface area contributed by atoms with Crippen LogP contribution in [0.2, 0.25) is 0 Å². The van der Waals surface area contributed by atoms with Gasteiger partial charge in [-0.05, 0) is 12.1 Å². The number of ketones is 1. The number of rotatable bonds is 3. The normalized spacial score (nSPS) is 10.3. The summed E-state index contributed by atoms with van der Waals surface area (Å²) in [6, 6.07) is 9.30. The molecule has 0 unspecified atom stereocenters. The van der Waals surface area contributed by atoms with E-state index in [1.54, 1.807) is 6.07 Å². The number of hydrogen-bond acceptors (Lipinski definition) is 3. The average Bonchev–Trinajstić information content (AvgIpc) is 2.72. The largest absolute Gasteiger partial charge is 0.469 e. The van der Waals surface area contributed by atoms with E-state index in [2.05, 4.69) is 9.72 Å². The van der Waals surface area contributed by atoms with Gasteiger partial charge in [0.2, 0.25) is 0 Å². The zero-order chi connectivity index (χ0) is 11.5. The topological polar surface area (TPSA) is 59.2 Å². The molecular formula is C12H11NO3. The van der Waals surface area contributed by atoms with Crippen LogP contribution < -0.4 is 0 Å². The number of aromatic amines is 1. The number of esters is 1. The Morgan fingerprint density at radius 1 is 1.31 bits per heavy atom. The van der Waals surface area contributed by atoms with E-state index in [0.717, 1.165) is 10.9 Å². The van der Waals surface area contributed by atoms with E-state index in [1.165, 1.54) is 7.11 Å². The molecule has 0 aliphatic heterocycles. The van der Waals surface area contributed by atoms with Crippen LogP contribution in [0, 0.1) is 0 Å². The number of nitrogens with one attached hydrogen (secondary N) is 1. The molecule has 16 heavy (non-hydrogen) atoms. The lowest BCUT2D eigenvalue weighted by molar-refractivity contribution is -0.139. The highest BCUT2D eigenvalue weighted by Gasteiger charge is 2.13.